The predicted octanol–water partition coefficient (Wildman–Crippen LogP) is 4.10. The van der Waals surface area contributed by atoms with E-state index < -0.39 is 0 Å². The van der Waals surface area contributed by atoms with E-state index in [4.69, 9.17) is 0 Å². The van der Waals surface area contributed by atoms with E-state index in [1.54, 1.807) is 39.4 Å². The molecule has 0 radical (unpaired) electrons. The van der Waals surface area contributed by atoms with Crippen LogP contribution in [-0.2, 0) is 0 Å². The Labute approximate surface area is 201 Å². The highest BCUT2D eigenvalue weighted by atomic mass is 32.1. The van der Waals surface area contributed by atoms with Crippen molar-refractivity contribution in [3.8, 4) is 16.4 Å². The molecule has 1 amide bonds. The van der Waals surface area contributed by atoms with E-state index in [-0.39, 0.29) is 17.5 Å². The van der Waals surface area contributed by atoms with E-state index in [1.807, 2.05) is 29.0 Å². The number of fused-ring (bicyclic) bond motifs is 1. The first kappa shape index (κ1) is 20.9. The highest BCUT2D eigenvalue weighted by Gasteiger charge is 2.28. The Balaban J connectivity index is 1.25. The van der Waals surface area contributed by atoms with Gasteiger partial charge in [0.2, 0.25) is 5.82 Å². The van der Waals surface area contributed by atoms with E-state index in [9.17, 15) is 9.18 Å². The summed E-state index contributed by atoms with van der Waals surface area (Å²) in [6.45, 7) is 2.39. The number of nitrogens with zero attached hydrogens (tertiary/aromatic N) is 7. The molecular weight excluding hydrogens is 473 g/mol. The van der Waals surface area contributed by atoms with Crippen molar-refractivity contribution in [2.45, 2.75) is 0 Å². The second kappa shape index (κ2) is 8.58. The number of thiophene rings is 2. The van der Waals surface area contributed by atoms with Gasteiger partial charge in [-0.05, 0) is 47.2 Å². The fourth-order valence-electron chi connectivity index (χ4n) is 4.02. The van der Waals surface area contributed by atoms with Crippen LogP contribution in [0.5, 0.6) is 0 Å². The van der Waals surface area contributed by atoms with Crippen LogP contribution in [-0.4, -0.2) is 61.7 Å². The number of halogens is 1. The maximum Gasteiger partial charge on any atom is 0.293 e. The first-order valence-electron chi connectivity index (χ1n) is 10.7. The van der Waals surface area contributed by atoms with Gasteiger partial charge in [0, 0.05) is 26.2 Å². The van der Waals surface area contributed by atoms with Crippen LogP contribution in [0, 0.1) is 5.82 Å². The Morgan fingerprint density at radius 3 is 2.53 bits per heavy atom. The van der Waals surface area contributed by atoms with Crippen molar-refractivity contribution in [3.05, 3.63) is 71.2 Å². The zero-order valence-corrected chi connectivity index (χ0v) is 19.5. The molecule has 0 N–H and O–H groups in total. The van der Waals surface area contributed by atoms with Crippen LogP contribution >= 0.6 is 22.7 Å². The Morgan fingerprint density at radius 1 is 0.941 bits per heavy atom. The second-order valence-electron chi connectivity index (χ2n) is 7.74. The molecule has 1 aliphatic rings. The topological polar surface area (TPSA) is 80.0 Å². The molecule has 1 aromatic carbocycles. The molecule has 1 fully saturated rings. The van der Waals surface area contributed by atoms with Gasteiger partial charge in [-0.3, -0.25) is 4.79 Å². The lowest BCUT2D eigenvalue weighted by atomic mass is 10.2. The van der Waals surface area contributed by atoms with Crippen molar-refractivity contribution in [2.24, 2.45) is 0 Å². The SMILES string of the molecule is O=C(c1nc(-c2cccs2)n(-c2ccc(F)cc2)n1)N1CCN(c2ncnc3sccc23)CC1. The van der Waals surface area contributed by atoms with Crippen molar-refractivity contribution < 1.29 is 9.18 Å². The van der Waals surface area contributed by atoms with Crippen molar-refractivity contribution >= 4 is 44.6 Å². The summed E-state index contributed by atoms with van der Waals surface area (Å²) >= 11 is 3.10. The molecular formula is C23H18FN7OS2. The minimum atomic E-state index is -0.334. The van der Waals surface area contributed by atoms with Gasteiger partial charge in [-0.15, -0.1) is 27.8 Å². The van der Waals surface area contributed by atoms with Gasteiger partial charge in [-0.1, -0.05) is 6.07 Å². The van der Waals surface area contributed by atoms with Gasteiger partial charge in [-0.2, -0.15) is 0 Å². The first-order valence-corrected chi connectivity index (χ1v) is 12.4. The number of rotatable bonds is 4. The van der Waals surface area contributed by atoms with Crippen LogP contribution in [0.25, 0.3) is 26.6 Å². The predicted molar refractivity (Wildman–Crippen MR) is 130 cm³/mol. The lowest BCUT2D eigenvalue weighted by Gasteiger charge is -2.35. The van der Waals surface area contributed by atoms with Crippen LogP contribution in [0.15, 0.2) is 59.6 Å². The lowest BCUT2D eigenvalue weighted by Crippen LogP contribution is -2.49. The maximum atomic E-state index is 13.5. The van der Waals surface area contributed by atoms with Gasteiger partial charge in [-0.25, -0.2) is 24.0 Å². The van der Waals surface area contributed by atoms with Crippen molar-refractivity contribution in [1.29, 1.82) is 0 Å². The van der Waals surface area contributed by atoms with E-state index in [2.05, 4.69) is 25.0 Å². The Kier molecular flexibility index (Phi) is 5.27. The largest absolute Gasteiger partial charge is 0.352 e. The molecule has 11 heteroatoms. The Morgan fingerprint density at radius 2 is 1.76 bits per heavy atom. The van der Waals surface area contributed by atoms with Gasteiger partial charge < -0.3 is 9.80 Å². The molecule has 5 aromatic rings. The number of hydrogen-bond acceptors (Lipinski definition) is 8. The molecule has 0 unspecified atom stereocenters. The normalized spacial score (nSPS) is 14.1. The number of amides is 1. The van der Waals surface area contributed by atoms with Crippen LogP contribution < -0.4 is 4.90 Å². The standard InChI is InChI=1S/C23H18FN7OS2/c24-15-3-5-16(6-4-15)31-21(18-2-1-12-33-18)27-19(28-31)23(32)30-10-8-29(9-11-30)20-17-7-13-34-22(17)26-14-25-20/h1-7,12-14H,8-11H2. The number of aromatic nitrogens is 5. The zero-order chi connectivity index (χ0) is 23.1. The lowest BCUT2D eigenvalue weighted by molar-refractivity contribution is 0.0734. The highest BCUT2D eigenvalue weighted by molar-refractivity contribution is 7.16. The fourth-order valence-corrected chi connectivity index (χ4v) is 5.45. The summed E-state index contributed by atoms with van der Waals surface area (Å²) in [5.74, 6) is 1.03. The van der Waals surface area contributed by atoms with Crippen LogP contribution in [0.3, 0.4) is 0 Å². The molecule has 0 atom stereocenters. The average Bonchev–Trinajstić information content (AvgIpc) is 3.64. The van der Waals surface area contributed by atoms with Crippen LogP contribution in [0.1, 0.15) is 10.6 Å². The fraction of sp³-hybridized carbons (Fsp3) is 0.174. The van der Waals surface area contributed by atoms with Gasteiger partial charge in [0.25, 0.3) is 5.91 Å². The molecule has 0 saturated carbocycles. The van der Waals surface area contributed by atoms with Crippen molar-refractivity contribution in [2.75, 3.05) is 31.1 Å². The molecule has 6 rings (SSSR count). The molecule has 34 heavy (non-hydrogen) atoms. The van der Waals surface area contributed by atoms with Crippen LogP contribution in [0.2, 0.25) is 0 Å². The summed E-state index contributed by atoms with van der Waals surface area (Å²) in [6, 6.07) is 11.9. The van der Waals surface area contributed by atoms with Gasteiger partial charge in [0.1, 0.15) is 22.8 Å². The minimum absolute atomic E-state index is 0.128. The summed E-state index contributed by atoms with van der Waals surface area (Å²) in [5, 5.41) is 9.51. The number of benzene rings is 1. The summed E-state index contributed by atoms with van der Waals surface area (Å²) in [5.41, 5.74) is 0.643. The van der Waals surface area contributed by atoms with Gasteiger partial charge in [0.05, 0.1) is 16.0 Å². The van der Waals surface area contributed by atoms with Crippen molar-refractivity contribution in [3.63, 3.8) is 0 Å². The highest BCUT2D eigenvalue weighted by Crippen LogP contribution is 2.28. The number of piperazine rings is 1. The average molecular weight is 492 g/mol. The second-order valence-corrected chi connectivity index (χ2v) is 9.58. The smallest absolute Gasteiger partial charge is 0.293 e. The summed E-state index contributed by atoms with van der Waals surface area (Å²) in [7, 11) is 0. The molecule has 1 aliphatic heterocycles. The maximum absolute atomic E-state index is 13.5. The van der Waals surface area contributed by atoms with Crippen molar-refractivity contribution in [1.82, 2.24) is 29.6 Å². The quantitative estimate of drug-likeness (QED) is 0.377. The number of anilines is 1. The number of hydrogen-bond donors (Lipinski definition) is 0. The minimum Gasteiger partial charge on any atom is -0.352 e. The molecule has 0 spiro atoms. The number of carbonyl (C=O) groups is 1. The monoisotopic (exact) mass is 491 g/mol. The summed E-state index contributed by atoms with van der Waals surface area (Å²) < 4.78 is 15.1. The zero-order valence-electron chi connectivity index (χ0n) is 17.8. The first-order chi connectivity index (χ1) is 16.7. The van der Waals surface area contributed by atoms with Crippen LogP contribution in [0.4, 0.5) is 10.2 Å². The summed E-state index contributed by atoms with van der Waals surface area (Å²) in [6.07, 6.45) is 1.59. The molecule has 5 heterocycles. The third-order valence-electron chi connectivity index (χ3n) is 5.72. The van der Waals surface area contributed by atoms with E-state index in [0.717, 1.165) is 20.9 Å². The third kappa shape index (κ3) is 3.72. The molecule has 8 nitrogen and oxygen atoms in total. The van der Waals surface area contributed by atoms with E-state index >= 15 is 0 Å². The molecule has 170 valence electrons. The number of carbonyl (C=O) groups excluding carboxylic acids is 1. The Bertz CT molecular complexity index is 1450. The molecule has 0 bridgehead atoms. The summed E-state index contributed by atoms with van der Waals surface area (Å²) in [4.78, 5) is 32.5. The van der Waals surface area contributed by atoms with Gasteiger partial charge >= 0.3 is 0 Å². The Hall–Kier alpha value is -3.70. The van der Waals surface area contributed by atoms with E-state index in [0.29, 0.717) is 37.7 Å². The molecule has 1 saturated heterocycles. The molecule has 0 aliphatic carbocycles. The van der Waals surface area contributed by atoms with E-state index in [1.165, 1.54) is 23.5 Å². The third-order valence-corrected chi connectivity index (χ3v) is 7.40. The molecule has 4 aromatic heterocycles. The van der Waals surface area contributed by atoms with Gasteiger partial charge in [0.15, 0.2) is 5.82 Å².